The van der Waals surface area contributed by atoms with Gasteiger partial charge in [-0.1, -0.05) is 24.6 Å². The molecule has 0 spiro atoms. The molecule has 2 atom stereocenters. The number of hydrogen-bond acceptors (Lipinski definition) is 3. The molecule has 0 bridgehead atoms. The molecule has 1 fully saturated rings. The van der Waals surface area contributed by atoms with E-state index in [9.17, 15) is 5.11 Å². The molecule has 1 aliphatic rings. The molecule has 1 aliphatic carbocycles. The Labute approximate surface area is 111 Å². The zero-order valence-electron chi connectivity index (χ0n) is 10.4. The van der Waals surface area contributed by atoms with Crippen LogP contribution in [0.3, 0.4) is 0 Å². The quantitative estimate of drug-likeness (QED) is 0.892. The van der Waals surface area contributed by atoms with E-state index in [1.807, 2.05) is 0 Å². The third kappa shape index (κ3) is 1.87. The SMILES string of the molecule is NCC1(Cc2csc3ccccc23)CCCC1O. The Hall–Kier alpha value is -0.900. The van der Waals surface area contributed by atoms with Gasteiger partial charge in [-0.3, -0.25) is 0 Å². The van der Waals surface area contributed by atoms with E-state index in [0.29, 0.717) is 6.54 Å². The van der Waals surface area contributed by atoms with Crippen LogP contribution >= 0.6 is 11.3 Å². The average Bonchev–Trinajstić information content (AvgIpc) is 2.96. The molecule has 0 amide bonds. The Morgan fingerprint density at radius 2 is 2.22 bits per heavy atom. The normalized spacial score (nSPS) is 28.0. The van der Waals surface area contributed by atoms with E-state index in [0.717, 1.165) is 25.7 Å². The van der Waals surface area contributed by atoms with Crippen LogP contribution in [-0.4, -0.2) is 17.8 Å². The number of nitrogens with two attached hydrogens (primary N) is 1. The Morgan fingerprint density at radius 3 is 2.94 bits per heavy atom. The number of aliphatic hydroxyl groups excluding tert-OH is 1. The van der Waals surface area contributed by atoms with Crippen molar-refractivity contribution in [3.63, 3.8) is 0 Å². The van der Waals surface area contributed by atoms with Crippen LogP contribution in [0.5, 0.6) is 0 Å². The van der Waals surface area contributed by atoms with E-state index in [-0.39, 0.29) is 11.5 Å². The number of rotatable bonds is 3. The van der Waals surface area contributed by atoms with Gasteiger partial charge in [0, 0.05) is 16.7 Å². The van der Waals surface area contributed by atoms with Gasteiger partial charge >= 0.3 is 0 Å². The summed E-state index contributed by atoms with van der Waals surface area (Å²) < 4.78 is 1.33. The fourth-order valence-electron chi connectivity index (χ4n) is 3.19. The molecule has 0 saturated heterocycles. The van der Waals surface area contributed by atoms with Crippen molar-refractivity contribution in [2.75, 3.05) is 6.54 Å². The molecule has 1 saturated carbocycles. The van der Waals surface area contributed by atoms with Crippen LogP contribution in [0.25, 0.3) is 10.1 Å². The van der Waals surface area contributed by atoms with E-state index in [4.69, 9.17) is 5.73 Å². The first kappa shape index (κ1) is 12.2. The topological polar surface area (TPSA) is 46.2 Å². The first-order chi connectivity index (χ1) is 8.75. The first-order valence-corrected chi connectivity index (χ1v) is 7.46. The molecule has 3 N–H and O–H groups in total. The standard InChI is InChI=1S/C15H19NOS/c16-10-15(7-3-6-14(15)17)8-11-9-18-13-5-2-1-4-12(11)13/h1-2,4-5,9,14,17H,3,6-8,10,16H2. The van der Waals surface area contributed by atoms with Crippen molar-refractivity contribution in [2.24, 2.45) is 11.1 Å². The van der Waals surface area contributed by atoms with Gasteiger partial charge in [0.2, 0.25) is 0 Å². The van der Waals surface area contributed by atoms with Gasteiger partial charge < -0.3 is 10.8 Å². The molecule has 2 unspecified atom stereocenters. The van der Waals surface area contributed by atoms with Crippen molar-refractivity contribution in [3.8, 4) is 0 Å². The second-order valence-corrected chi connectivity index (χ2v) is 6.32. The lowest BCUT2D eigenvalue weighted by Gasteiger charge is -2.31. The summed E-state index contributed by atoms with van der Waals surface area (Å²) in [6, 6.07) is 8.49. The Morgan fingerprint density at radius 1 is 1.39 bits per heavy atom. The van der Waals surface area contributed by atoms with Gasteiger partial charge in [-0.25, -0.2) is 0 Å². The van der Waals surface area contributed by atoms with Crippen LogP contribution in [0.15, 0.2) is 29.6 Å². The summed E-state index contributed by atoms with van der Waals surface area (Å²) in [6.07, 6.45) is 3.73. The highest BCUT2D eigenvalue weighted by atomic mass is 32.1. The summed E-state index contributed by atoms with van der Waals surface area (Å²) in [5.41, 5.74) is 7.22. The third-order valence-corrected chi connectivity index (χ3v) is 5.38. The summed E-state index contributed by atoms with van der Waals surface area (Å²) in [7, 11) is 0. The lowest BCUT2D eigenvalue weighted by atomic mass is 9.78. The molecule has 0 radical (unpaired) electrons. The molecule has 18 heavy (non-hydrogen) atoms. The number of fused-ring (bicyclic) bond motifs is 1. The van der Waals surface area contributed by atoms with Gasteiger partial charge in [0.25, 0.3) is 0 Å². The maximum absolute atomic E-state index is 10.2. The van der Waals surface area contributed by atoms with Gasteiger partial charge in [0.15, 0.2) is 0 Å². The predicted molar refractivity (Wildman–Crippen MR) is 76.9 cm³/mol. The van der Waals surface area contributed by atoms with Crippen LogP contribution in [0, 0.1) is 5.41 Å². The predicted octanol–water partition coefficient (Wildman–Crippen LogP) is 2.93. The lowest BCUT2D eigenvalue weighted by molar-refractivity contribution is 0.0591. The van der Waals surface area contributed by atoms with Gasteiger partial charge in [0.05, 0.1) is 6.10 Å². The van der Waals surface area contributed by atoms with E-state index < -0.39 is 0 Å². The van der Waals surface area contributed by atoms with Crippen molar-refractivity contribution in [1.82, 2.24) is 0 Å². The summed E-state index contributed by atoms with van der Waals surface area (Å²) in [5, 5.41) is 13.8. The Kier molecular flexibility index (Phi) is 3.14. The van der Waals surface area contributed by atoms with Crippen molar-refractivity contribution >= 4 is 21.4 Å². The van der Waals surface area contributed by atoms with Gasteiger partial charge in [-0.2, -0.15) is 0 Å². The summed E-state index contributed by atoms with van der Waals surface area (Å²) in [5.74, 6) is 0. The van der Waals surface area contributed by atoms with Crippen LogP contribution < -0.4 is 5.73 Å². The minimum atomic E-state index is -0.235. The number of aliphatic hydroxyl groups is 1. The minimum absolute atomic E-state index is 0.0934. The lowest BCUT2D eigenvalue weighted by Crippen LogP contribution is -2.39. The van der Waals surface area contributed by atoms with E-state index in [1.54, 1.807) is 11.3 Å². The first-order valence-electron chi connectivity index (χ1n) is 6.58. The third-order valence-electron chi connectivity index (χ3n) is 4.37. The number of thiophene rings is 1. The van der Waals surface area contributed by atoms with Gasteiger partial charge in [0.1, 0.15) is 0 Å². The molecule has 1 aromatic carbocycles. The monoisotopic (exact) mass is 261 g/mol. The highest BCUT2D eigenvalue weighted by Gasteiger charge is 2.41. The van der Waals surface area contributed by atoms with Crippen LogP contribution in [0.4, 0.5) is 0 Å². The minimum Gasteiger partial charge on any atom is -0.392 e. The second-order valence-electron chi connectivity index (χ2n) is 5.41. The Bertz CT molecular complexity index is 550. The fraction of sp³-hybridized carbons (Fsp3) is 0.467. The van der Waals surface area contributed by atoms with Crippen LogP contribution in [0.1, 0.15) is 24.8 Å². The molecular formula is C15H19NOS. The zero-order chi connectivity index (χ0) is 12.6. The number of hydrogen-bond donors (Lipinski definition) is 2. The van der Waals surface area contributed by atoms with Crippen LogP contribution in [0.2, 0.25) is 0 Å². The van der Waals surface area contributed by atoms with Crippen molar-refractivity contribution < 1.29 is 5.11 Å². The van der Waals surface area contributed by atoms with Crippen molar-refractivity contribution in [3.05, 3.63) is 35.2 Å². The maximum Gasteiger partial charge on any atom is 0.0611 e. The zero-order valence-corrected chi connectivity index (χ0v) is 11.2. The molecule has 2 nitrogen and oxygen atoms in total. The molecule has 3 heteroatoms. The molecule has 96 valence electrons. The van der Waals surface area contributed by atoms with Crippen molar-refractivity contribution in [2.45, 2.75) is 31.8 Å². The average molecular weight is 261 g/mol. The highest BCUT2D eigenvalue weighted by molar-refractivity contribution is 7.17. The summed E-state index contributed by atoms with van der Waals surface area (Å²) >= 11 is 1.79. The Balaban J connectivity index is 1.96. The fourth-order valence-corrected chi connectivity index (χ4v) is 4.15. The van der Waals surface area contributed by atoms with Gasteiger partial charge in [-0.15, -0.1) is 11.3 Å². The summed E-state index contributed by atoms with van der Waals surface area (Å²) in [6.45, 7) is 0.582. The largest absolute Gasteiger partial charge is 0.392 e. The molecule has 2 aromatic rings. The molecule has 3 rings (SSSR count). The van der Waals surface area contributed by atoms with E-state index in [1.165, 1.54) is 15.6 Å². The van der Waals surface area contributed by atoms with Crippen molar-refractivity contribution in [1.29, 1.82) is 0 Å². The smallest absolute Gasteiger partial charge is 0.0611 e. The molecular weight excluding hydrogens is 242 g/mol. The van der Waals surface area contributed by atoms with Gasteiger partial charge in [-0.05, 0) is 41.7 Å². The molecule has 1 aromatic heterocycles. The highest BCUT2D eigenvalue weighted by Crippen LogP contribution is 2.42. The van der Waals surface area contributed by atoms with E-state index >= 15 is 0 Å². The van der Waals surface area contributed by atoms with E-state index in [2.05, 4.69) is 29.6 Å². The molecule has 1 heterocycles. The maximum atomic E-state index is 10.2. The second kappa shape index (κ2) is 4.65. The van der Waals surface area contributed by atoms with Crippen LogP contribution in [-0.2, 0) is 6.42 Å². The number of benzene rings is 1. The molecule has 0 aliphatic heterocycles. The summed E-state index contributed by atoms with van der Waals surface area (Å²) in [4.78, 5) is 0.